The van der Waals surface area contributed by atoms with Crippen LogP contribution in [-0.4, -0.2) is 29.9 Å². The van der Waals surface area contributed by atoms with Gasteiger partial charge in [0.25, 0.3) is 0 Å². The van der Waals surface area contributed by atoms with Crippen molar-refractivity contribution in [1.29, 1.82) is 0 Å². The first-order chi connectivity index (χ1) is 50.1. The van der Waals surface area contributed by atoms with Gasteiger partial charge in [-0.3, -0.25) is 29.9 Å². The van der Waals surface area contributed by atoms with E-state index in [1.165, 1.54) is 50.3 Å². The molecule has 638 valence electrons. The Morgan fingerprint density at radius 2 is 0.486 bits per heavy atom. The van der Waals surface area contributed by atoms with Gasteiger partial charge in [0.2, 0.25) is 0 Å². The molecule has 0 N–H and O–H groups in total. The van der Waals surface area contributed by atoms with Crippen molar-refractivity contribution < 1.29 is 0 Å². The summed E-state index contributed by atoms with van der Waals surface area (Å²) in [5.41, 5.74) is 20.3. The van der Waals surface area contributed by atoms with Crippen LogP contribution in [0.25, 0.3) is 0 Å². The van der Waals surface area contributed by atoms with Crippen LogP contribution < -0.4 is 0 Å². The van der Waals surface area contributed by atoms with Crippen LogP contribution in [0.15, 0.2) is 91.5 Å². The summed E-state index contributed by atoms with van der Waals surface area (Å²) in [4.78, 5) is 26.2. The van der Waals surface area contributed by atoms with Gasteiger partial charge in [-0.2, -0.15) is 0 Å². The maximum absolute atomic E-state index is 4.56. The van der Waals surface area contributed by atoms with E-state index < -0.39 is 0 Å². The van der Waals surface area contributed by atoms with Crippen LogP contribution in [0.2, 0.25) is 0 Å². The van der Waals surface area contributed by atoms with Gasteiger partial charge in [0.15, 0.2) is 0 Å². The molecule has 6 heteroatoms. The molecule has 0 fully saturated rings. The zero-order valence-electron chi connectivity index (χ0n) is 85.1. The summed E-state index contributed by atoms with van der Waals surface area (Å²) in [6.07, 6.45) is 13.9. The lowest BCUT2D eigenvalue weighted by Crippen LogP contribution is -2.11. The molecule has 0 spiro atoms. The van der Waals surface area contributed by atoms with Crippen LogP contribution >= 0.6 is 0 Å². The largest absolute Gasteiger partial charge is 0.261 e. The fraction of sp³-hybridized carbons (Fsp3) is 0.703. The second-order valence-corrected chi connectivity index (χ2v) is 28.5. The van der Waals surface area contributed by atoms with Gasteiger partial charge in [0, 0.05) is 41.9 Å². The molecule has 4 aromatic heterocycles. The average Bonchev–Trinajstić information content (AvgIpc) is 0.891. The van der Waals surface area contributed by atoms with Gasteiger partial charge in [-0.05, 0) is 179 Å². The maximum atomic E-state index is 4.56. The normalized spacial score (nSPS) is 9.11. The lowest BCUT2D eigenvalue weighted by atomic mass is 9.87. The van der Waals surface area contributed by atoms with Crippen LogP contribution in [0.1, 0.15) is 431 Å². The summed E-state index contributed by atoms with van der Waals surface area (Å²) in [7, 11) is 0. The standard InChI is InChI=1S/C13H20.C12H19N.C12H18.C11H18N2.C11H17N.C10H16N2.16C2H6/c1-10-6-7-12(8-11(10)2)9-13(3,4)5;1-9-6-7-11(13-10(9)2)8-12(3,4)5;1-10-5-7-11(8-6-10)9-12(2,3)4;1-8-9(2)13-10(7-12-8)6-11(3,4)5;1-9-5-6-10(12-8-9)7-11(2,3)4;1-8-6-12-9(7-11-8)5-10(2,3)4;16*1-2/h6-8H,9H2,1-5H3;6-7H,8H2,1-5H3;5-8H,9H2,1-4H3;7H,6H2,1-5H3;5-6,8H,7H2,1-4H3;6-7H,5H2,1-4H3;16*1-2H3. The average molecular weight is 1500 g/mol. The molecule has 0 saturated heterocycles. The third-order valence-corrected chi connectivity index (χ3v) is 11.5. The van der Waals surface area contributed by atoms with Gasteiger partial charge >= 0.3 is 0 Å². The molecule has 0 aliphatic heterocycles. The number of hydrogen-bond donors (Lipinski definition) is 0. The second kappa shape index (κ2) is 95.1. The third-order valence-electron chi connectivity index (χ3n) is 11.5. The molecular formula is C101H204N6. The molecule has 0 amide bonds. The van der Waals surface area contributed by atoms with Crippen molar-refractivity contribution >= 4 is 0 Å². The van der Waals surface area contributed by atoms with Crippen LogP contribution in [-0.2, 0) is 38.5 Å². The van der Waals surface area contributed by atoms with E-state index in [0.29, 0.717) is 27.1 Å². The Balaban J connectivity index is -0.0000000615. The molecule has 0 aliphatic rings. The molecule has 6 rings (SSSR count). The van der Waals surface area contributed by atoms with Crippen molar-refractivity contribution in [1.82, 2.24) is 29.9 Å². The number of hydrogen-bond acceptors (Lipinski definition) is 6. The predicted molar refractivity (Wildman–Crippen MR) is 509 cm³/mol. The monoisotopic (exact) mass is 1500 g/mol. The highest BCUT2D eigenvalue weighted by Crippen LogP contribution is 2.25. The number of nitrogens with zero attached hydrogens (tertiary/aromatic N) is 6. The van der Waals surface area contributed by atoms with E-state index in [-0.39, 0.29) is 5.41 Å². The van der Waals surface area contributed by atoms with Gasteiger partial charge in [0.05, 0.1) is 28.5 Å². The first-order valence-electron chi connectivity index (χ1n) is 43.6. The maximum Gasteiger partial charge on any atom is 0.0595 e. The Labute approximate surface area is 681 Å². The molecule has 0 unspecified atom stereocenters. The molecule has 6 nitrogen and oxygen atoms in total. The van der Waals surface area contributed by atoms with E-state index in [1.807, 2.05) is 267 Å². The lowest BCUT2D eigenvalue weighted by molar-refractivity contribution is 0.405. The minimum atomic E-state index is 0.288. The fourth-order valence-corrected chi connectivity index (χ4v) is 7.59. The van der Waals surface area contributed by atoms with E-state index in [2.05, 4.69) is 263 Å². The quantitative estimate of drug-likeness (QED) is 0.165. The predicted octanol–water partition coefficient (Wildman–Crippen LogP) is 35.2. The molecule has 2 aromatic carbocycles. The van der Waals surface area contributed by atoms with Crippen molar-refractivity contribution in [3.63, 3.8) is 0 Å². The van der Waals surface area contributed by atoms with Gasteiger partial charge in [0.1, 0.15) is 0 Å². The van der Waals surface area contributed by atoms with Crippen LogP contribution in [0.5, 0.6) is 0 Å². The summed E-state index contributed by atoms with van der Waals surface area (Å²) in [6, 6.07) is 24.1. The smallest absolute Gasteiger partial charge is 0.0595 e. The van der Waals surface area contributed by atoms with Crippen LogP contribution in [0.3, 0.4) is 0 Å². The van der Waals surface area contributed by atoms with E-state index in [0.717, 1.165) is 72.7 Å². The molecule has 107 heavy (non-hydrogen) atoms. The molecule has 0 radical (unpaired) electrons. The zero-order valence-corrected chi connectivity index (χ0v) is 85.1. The number of benzene rings is 2. The van der Waals surface area contributed by atoms with E-state index in [9.17, 15) is 0 Å². The first kappa shape index (κ1) is 141. The summed E-state index contributed by atoms with van der Waals surface area (Å²) in [5.74, 6) is 0. The van der Waals surface area contributed by atoms with Crippen LogP contribution in [0.4, 0.5) is 0 Å². The molecule has 6 aromatic rings. The van der Waals surface area contributed by atoms with Crippen molar-refractivity contribution in [3.8, 4) is 0 Å². The third kappa shape index (κ3) is 112. The van der Waals surface area contributed by atoms with Crippen molar-refractivity contribution in [2.75, 3.05) is 0 Å². The van der Waals surface area contributed by atoms with Crippen molar-refractivity contribution in [3.05, 3.63) is 176 Å². The number of aryl methyl sites for hydroxylation is 9. The van der Waals surface area contributed by atoms with Gasteiger partial charge in [-0.1, -0.05) is 406 Å². The highest BCUT2D eigenvalue weighted by molar-refractivity contribution is 5.30. The Kier molecular flexibility index (Phi) is 125. The SMILES string of the molecule is CC.CC.CC.CC.CC.CC.CC.CC.CC.CC.CC.CC.CC.CC.CC.CC.Cc1ccc(CC(C)(C)C)cc1.Cc1ccc(CC(C)(C)C)cc1C.Cc1ccc(CC(C)(C)C)nc1.Cc1ccc(CC(C)(C)C)nc1C.Cc1cnc(CC(C)(C)C)cn1.Cc1ncc(CC(C)(C)C)nc1C. The summed E-state index contributed by atoms with van der Waals surface area (Å²) in [5, 5.41) is 0. The van der Waals surface area contributed by atoms with Gasteiger partial charge in [-0.25, -0.2) is 0 Å². The molecule has 4 heterocycles. The first-order valence-corrected chi connectivity index (χ1v) is 43.6. The minimum Gasteiger partial charge on any atom is -0.261 e. The number of aromatic nitrogens is 6. The lowest BCUT2D eigenvalue weighted by Gasteiger charge is -2.18. The van der Waals surface area contributed by atoms with Gasteiger partial charge < -0.3 is 0 Å². The summed E-state index contributed by atoms with van der Waals surface area (Å²) in [6.45, 7) is 123. The highest BCUT2D eigenvalue weighted by atomic mass is 14.8. The topological polar surface area (TPSA) is 77.3 Å². The summed E-state index contributed by atoms with van der Waals surface area (Å²) >= 11 is 0. The van der Waals surface area contributed by atoms with Gasteiger partial charge in [-0.15, -0.1) is 0 Å². The number of rotatable bonds is 6. The zero-order chi connectivity index (χ0) is 89.8. The van der Waals surface area contributed by atoms with E-state index in [1.54, 1.807) is 0 Å². The Bertz CT molecular complexity index is 2260. The minimum absolute atomic E-state index is 0.288. The highest BCUT2D eigenvalue weighted by Gasteiger charge is 2.16. The molecule has 0 saturated carbocycles. The van der Waals surface area contributed by atoms with Crippen molar-refractivity contribution in [2.45, 2.75) is 447 Å². The van der Waals surface area contributed by atoms with E-state index >= 15 is 0 Å². The fourth-order valence-electron chi connectivity index (χ4n) is 7.59. The number of pyridine rings is 2. The molecule has 0 bridgehead atoms. The Morgan fingerprint density at radius 3 is 0.794 bits per heavy atom. The molecule has 0 atom stereocenters. The summed E-state index contributed by atoms with van der Waals surface area (Å²) < 4.78 is 0. The van der Waals surface area contributed by atoms with Crippen molar-refractivity contribution in [2.24, 2.45) is 32.5 Å². The van der Waals surface area contributed by atoms with E-state index in [4.69, 9.17) is 0 Å². The Morgan fingerprint density at radius 1 is 0.206 bits per heavy atom. The second-order valence-electron chi connectivity index (χ2n) is 28.5. The Hall–Kier alpha value is -5.10. The van der Waals surface area contributed by atoms with Crippen LogP contribution in [0, 0.1) is 94.8 Å². The molecular weight excluding hydrogens is 1300 g/mol. The molecule has 0 aliphatic carbocycles.